The third-order valence-electron chi connectivity index (χ3n) is 12.2. The third-order valence-corrected chi connectivity index (χ3v) is 12.2. The predicted molar refractivity (Wildman–Crippen MR) is 238 cm³/mol. The van der Waals surface area contributed by atoms with Crippen molar-refractivity contribution in [2.45, 2.75) is 19.3 Å². The summed E-state index contributed by atoms with van der Waals surface area (Å²) >= 11 is 0. The van der Waals surface area contributed by atoms with Crippen molar-refractivity contribution in [3.63, 3.8) is 0 Å². The molecule has 1 aliphatic carbocycles. The number of hydrogen-bond acceptors (Lipinski definition) is 3. The Morgan fingerprint density at radius 1 is 0.474 bits per heavy atom. The Hall–Kier alpha value is -7.30. The van der Waals surface area contributed by atoms with Crippen molar-refractivity contribution in [1.29, 1.82) is 0 Å². The Balaban J connectivity index is 1.16. The minimum Gasteiger partial charge on any atom is -0.439 e. The number of fused-ring (bicyclic) bond motifs is 11. The molecule has 0 aliphatic heterocycles. The molecule has 11 aromatic rings. The first-order chi connectivity index (χ1) is 28.1. The largest absolute Gasteiger partial charge is 0.439 e. The fraction of sp³-hybridized carbons (Fsp3) is 0.0566. The average molecular weight is 732 g/mol. The van der Waals surface area contributed by atoms with Gasteiger partial charge in [0.05, 0.1) is 22.3 Å². The van der Waals surface area contributed by atoms with E-state index in [1.54, 1.807) is 0 Å². The van der Waals surface area contributed by atoms with Crippen LogP contribution in [0, 0.1) is 0 Å². The molecular formula is C53H37N3O. The molecule has 0 N–H and O–H groups in total. The summed E-state index contributed by atoms with van der Waals surface area (Å²) in [6.07, 6.45) is 0. The summed E-state index contributed by atoms with van der Waals surface area (Å²) in [5.41, 5.74) is 14.7. The summed E-state index contributed by atoms with van der Waals surface area (Å²) in [5, 5.41) is 7.06. The van der Waals surface area contributed by atoms with Crippen LogP contribution in [0.15, 0.2) is 192 Å². The van der Waals surface area contributed by atoms with Crippen LogP contribution in [0.4, 0.5) is 34.1 Å². The molecule has 12 rings (SSSR count). The Bertz CT molecular complexity index is 3230. The summed E-state index contributed by atoms with van der Waals surface area (Å²) in [6.45, 7) is 4.76. The van der Waals surface area contributed by atoms with Gasteiger partial charge in [-0.3, -0.25) is 4.40 Å². The van der Waals surface area contributed by atoms with Gasteiger partial charge in [-0.25, -0.2) is 0 Å². The number of hydrogen-bond donors (Lipinski definition) is 0. The highest BCUT2D eigenvalue weighted by Crippen LogP contribution is 2.58. The van der Waals surface area contributed by atoms with E-state index < -0.39 is 0 Å². The summed E-state index contributed by atoms with van der Waals surface area (Å²) < 4.78 is 9.53. The maximum absolute atomic E-state index is 7.08. The molecule has 4 nitrogen and oxygen atoms in total. The van der Waals surface area contributed by atoms with Crippen LogP contribution in [-0.4, -0.2) is 4.40 Å². The smallest absolute Gasteiger partial charge is 0.213 e. The lowest BCUT2D eigenvalue weighted by Gasteiger charge is -2.28. The van der Waals surface area contributed by atoms with Crippen molar-refractivity contribution in [2.75, 3.05) is 9.80 Å². The monoisotopic (exact) mass is 731 g/mol. The molecule has 57 heavy (non-hydrogen) atoms. The summed E-state index contributed by atoms with van der Waals surface area (Å²) in [7, 11) is 0. The SMILES string of the molecule is CC1(C)c2ccccc2-c2c1c1c(N(c3ccccc3)c3ccccc3)ccc3c4c5cc6cc(N(c7ccccc7)c7ccccc7)ccc6cc5oc4n2c13. The zero-order chi connectivity index (χ0) is 37.8. The van der Waals surface area contributed by atoms with Crippen LogP contribution in [0.2, 0.25) is 0 Å². The molecule has 0 amide bonds. The molecule has 3 heterocycles. The number of anilines is 6. The van der Waals surface area contributed by atoms with Gasteiger partial charge in [0.2, 0.25) is 5.71 Å². The fourth-order valence-electron chi connectivity index (χ4n) is 9.78. The van der Waals surface area contributed by atoms with Gasteiger partial charge < -0.3 is 14.2 Å². The van der Waals surface area contributed by atoms with Crippen LogP contribution in [0.5, 0.6) is 0 Å². The van der Waals surface area contributed by atoms with E-state index >= 15 is 0 Å². The van der Waals surface area contributed by atoms with Gasteiger partial charge in [-0.2, -0.15) is 0 Å². The van der Waals surface area contributed by atoms with Gasteiger partial charge in [-0.05, 0) is 107 Å². The third kappa shape index (κ3) is 4.50. The second kappa shape index (κ2) is 11.8. The van der Waals surface area contributed by atoms with Crippen LogP contribution in [0.3, 0.4) is 0 Å². The number of nitrogens with zero attached hydrogens (tertiary/aromatic N) is 3. The van der Waals surface area contributed by atoms with Crippen molar-refractivity contribution < 1.29 is 4.42 Å². The fourth-order valence-corrected chi connectivity index (χ4v) is 9.78. The van der Waals surface area contributed by atoms with E-state index in [9.17, 15) is 0 Å². The maximum Gasteiger partial charge on any atom is 0.213 e. The molecule has 0 unspecified atom stereocenters. The summed E-state index contributed by atoms with van der Waals surface area (Å²) in [5.74, 6) is 0. The van der Waals surface area contributed by atoms with Gasteiger partial charge in [-0.1, -0.05) is 117 Å². The molecule has 270 valence electrons. The molecule has 0 spiro atoms. The highest BCUT2D eigenvalue weighted by molar-refractivity contribution is 6.28. The molecule has 0 fully saturated rings. The van der Waals surface area contributed by atoms with E-state index in [1.165, 1.54) is 44.1 Å². The maximum atomic E-state index is 7.08. The molecule has 1 aliphatic rings. The molecular weight excluding hydrogens is 695 g/mol. The topological polar surface area (TPSA) is 24.0 Å². The second-order valence-corrected chi connectivity index (χ2v) is 15.8. The van der Waals surface area contributed by atoms with E-state index in [2.05, 4.69) is 216 Å². The first kappa shape index (κ1) is 32.0. The highest BCUT2D eigenvalue weighted by atomic mass is 16.3. The van der Waals surface area contributed by atoms with Gasteiger partial charge in [-0.15, -0.1) is 0 Å². The Labute approximate surface area is 330 Å². The van der Waals surface area contributed by atoms with Crippen molar-refractivity contribution in [3.05, 3.63) is 199 Å². The first-order valence-electron chi connectivity index (χ1n) is 19.7. The van der Waals surface area contributed by atoms with E-state index in [-0.39, 0.29) is 5.41 Å². The normalized spacial score (nSPS) is 13.2. The quantitative estimate of drug-likeness (QED) is 0.170. The van der Waals surface area contributed by atoms with Gasteiger partial charge in [0, 0.05) is 55.6 Å². The van der Waals surface area contributed by atoms with Crippen LogP contribution in [0.1, 0.15) is 25.0 Å². The lowest BCUT2D eigenvalue weighted by Crippen LogP contribution is -2.16. The van der Waals surface area contributed by atoms with Crippen LogP contribution >= 0.6 is 0 Å². The highest BCUT2D eigenvalue weighted by Gasteiger charge is 2.43. The summed E-state index contributed by atoms with van der Waals surface area (Å²) in [4.78, 5) is 4.74. The Kier molecular flexibility index (Phi) is 6.65. The molecule has 0 bridgehead atoms. The van der Waals surface area contributed by atoms with Crippen molar-refractivity contribution in [3.8, 4) is 11.3 Å². The van der Waals surface area contributed by atoms with Crippen molar-refractivity contribution in [1.82, 2.24) is 4.40 Å². The van der Waals surface area contributed by atoms with Crippen LogP contribution < -0.4 is 9.80 Å². The predicted octanol–water partition coefficient (Wildman–Crippen LogP) is 14.8. The molecule has 0 radical (unpaired) electrons. The number of benzene rings is 8. The molecule has 0 saturated carbocycles. The zero-order valence-electron chi connectivity index (χ0n) is 31.6. The molecule has 3 aromatic heterocycles. The number of rotatable bonds is 6. The minimum absolute atomic E-state index is 0.236. The Morgan fingerprint density at radius 2 is 1.05 bits per heavy atom. The Morgan fingerprint density at radius 3 is 1.68 bits per heavy atom. The zero-order valence-corrected chi connectivity index (χ0v) is 31.6. The van der Waals surface area contributed by atoms with Crippen molar-refractivity contribution in [2.24, 2.45) is 0 Å². The number of furan rings is 1. The van der Waals surface area contributed by atoms with Crippen LogP contribution in [0.25, 0.3) is 60.4 Å². The van der Waals surface area contributed by atoms with Gasteiger partial charge in [0.15, 0.2) is 0 Å². The van der Waals surface area contributed by atoms with E-state index in [0.29, 0.717) is 0 Å². The van der Waals surface area contributed by atoms with Gasteiger partial charge >= 0.3 is 0 Å². The molecule has 8 aromatic carbocycles. The average Bonchev–Trinajstić information content (AvgIpc) is 3.96. The van der Waals surface area contributed by atoms with E-state index in [0.717, 1.165) is 61.6 Å². The van der Waals surface area contributed by atoms with Crippen molar-refractivity contribution >= 4 is 83.3 Å². The molecule has 0 atom stereocenters. The lowest BCUT2D eigenvalue weighted by molar-refractivity contribution is 0.649. The lowest BCUT2D eigenvalue weighted by atomic mass is 9.81. The minimum atomic E-state index is -0.236. The van der Waals surface area contributed by atoms with Crippen LogP contribution in [-0.2, 0) is 5.41 Å². The molecule has 4 heteroatoms. The van der Waals surface area contributed by atoms with Gasteiger partial charge in [0.25, 0.3) is 0 Å². The number of para-hydroxylation sites is 4. The van der Waals surface area contributed by atoms with E-state index in [1.807, 2.05) is 0 Å². The second-order valence-electron chi connectivity index (χ2n) is 15.8. The molecule has 0 saturated heterocycles. The first-order valence-corrected chi connectivity index (χ1v) is 19.7. The van der Waals surface area contributed by atoms with E-state index in [4.69, 9.17) is 4.42 Å². The number of aromatic nitrogens is 1. The summed E-state index contributed by atoms with van der Waals surface area (Å²) in [6, 6.07) is 67.6. The van der Waals surface area contributed by atoms with Gasteiger partial charge in [0.1, 0.15) is 5.58 Å². The standard InChI is InChI=1S/C53H37N3O/c1-53(2)44-26-16-15-25-41(44)51-49(53)48-45(55(38-21-11-5-12-22-38)39-23-13-6-14-24-39)30-29-42-47-43-32-35-31-40(28-27-34(35)33-46(43)57-52(47)56(51)50(42)48)54(36-17-7-3-8-18-36)37-19-9-4-10-20-37/h3-33H,1-2H3.